The number of nitrogens with zero attached hydrogens (tertiary/aromatic N) is 2. The number of benzene rings is 3. The predicted octanol–water partition coefficient (Wildman–Crippen LogP) is 4.70. The molecule has 2 aliphatic heterocycles. The summed E-state index contributed by atoms with van der Waals surface area (Å²) in [7, 11) is 0. The second-order valence-electron chi connectivity index (χ2n) is 8.62. The number of ether oxygens (including phenoxy) is 1. The zero-order chi connectivity index (χ0) is 24.0. The second kappa shape index (κ2) is 8.25. The van der Waals surface area contributed by atoms with Gasteiger partial charge in [0.2, 0.25) is 0 Å². The maximum atomic E-state index is 14.1. The van der Waals surface area contributed by atoms with Gasteiger partial charge in [0.15, 0.2) is 0 Å². The molecule has 4 atom stereocenters. The molecule has 1 fully saturated rings. The number of halogens is 1. The lowest BCUT2D eigenvalue weighted by Crippen LogP contribution is -2.61. The molecule has 1 saturated heterocycles. The van der Waals surface area contributed by atoms with Crippen molar-refractivity contribution in [1.82, 2.24) is 0 Å². The first-order valence-corrected chi connectivity index (χ1v) is 11.3. The molecule has 172 valence electrons. The summed E-state index contributed by atoms with van der Waals surface area (Å²) < 4.78 is 5.80. The van der Waals surface area contributed by atoms with E-state index in [4.69, 9.17) is 16.3 Å². The van der Waals surface area contributed by atoms with Gasteiger partial charge < -0.3 is 9.64 Å². The average molecular weight is 477 g/mol. The number of nitro groups is 1. The highest BCUT2D eigenvalue weighted by Gasteiger charge is 2.71. The van der Waals surface area contributed by atoms with Crippen LogP contribution in [0.15, 0.2) is 78.9 Å². The van der Waals surface area contributed by atoms with Crippen LogP contribution in [0.2, 0.25) is 5.02 Å². The van der Waals surface area contributed by atoms with Crippen molar-refractivity contribution in [2.45, 2.75) is 31.0 Å². The van der Waals surface area contributed by atoms with Crippen molar-refractivity contribution < 1.29 is 19.2 Å². The highest BCUT2D eigenvalue weighted by Crippen LogP contribution is 2.55. The number of rotatable bonds is 4. The highest BCUT2D eigenvalue weighted by atomic mass is 35.5. The first-order valence-electron chi connectivity index (χ1n) is 10.9. The fourth-order valence-corrected chi connectivity index (χ4v) is 5.50. The minimum Gasteiger partial charge on any atom is -0.436 e. The van der Waals surface area contributed by atoms with Gasteiger partial charge in [0.05, 0.1) is 29.1 Å². The van der Waals surface area contributed by atoms with E-state index in [9.17, 15) is 19.7 Å². The smallest absolute Gasteiger partial charge is 0.311 e. The summed E-state index contributed by atoms with van der Waals surface area (Å²) in [6.45, 7) is 1.73. The zero-order valence-corrected chi connectivity index (χ0v) is 19.0. The van der Waals surface area contributed by atoms with Gasteiger partial charge in [-0.15, -0.1) is 0 Å². The molecule has 0 aliphatic carbocycles. The fourth-order valence-electron chi connectivity index (χ4n) is 5.22. The highest BCUT2D eigenvalue weighted by molar-refractivity contribution is 6.35. The first kappa shape index (κ1) is 22.1. The zero-order valence-electron chi connectivity index (χ0n) is 18.3. The van der Waals surface area contributed by atoms with E-state index >= 15 is 0 Å². The van der Waals surface area contributed by atoms with Crippen molar-refractivity contribution in [3.8, 4) is 0 Å². The van der Waals surface area contributed by atoms with Crippen LogP contribution in [0.25, 0.3) is 0 Å². The molecular formula is C26H21ClN2O5. The minimum absolute atomic E-state index is 0.131. The van der Waals surface area contributed by atoms with Gasteiger partial charge >= 0.3 is 5.97 Å². The number of anilines is 1. The van der Waals surface area contributed by atoms with Crippen molar-refractivity contribution in [2.24, 2.45) is 5.92 Å². The van der Waals surface area contributed by atoms with Crippen LogP contribution in [0.4, 0.5) is 5.69 Å². The third kappa shape index (κ3) is 3.19. The Hall–Kier alpha value is -3.71. The second-order valence-corrected chi connectivity index (χ2v) is 9.03. The molecule has 1 amide bonds. The van der Waals surface area contributed by atoms with E-state index in [-0.39, 0.29) is 17.1 Å². The Balaban J connectivity index is 1.73. The van der Waals surface area contributed by atoms with E-state index in [1.165, 1.54) is 4.90 Å². The number of hydrogen-bond acceptors (Lipinski definition) is 5. The van der Waals surface area contributed by atoms with Crippen LogP contribution >= 0.6 is 11.6 Å². The lowest BCUT2D eigenvalue weighted by Gasteiger charge is -2.41. The maximum absolute atomic E-state index is 14.1. The minimum atomic E-state index is -2.12. The molecule has 34 heavy (non-hydrogen) atoms. The average Bonchev–Trinajstić information content (AvgIpc) is 3.06. The SMILES string of the molecule is C[C@H]1C(=O)O[C@@]2(C(=O)N(Cc3ccccc3)c3c(Cl)cccc32)[C@@H]([N+](=O)[O-])[C@@H]1c1ccccc1. The van der Waals surface area contributed by atoms with E-state index in [0.717, 1.165) is 5.56 Å². The monoisotopic (exact) mass is 476 g/mol. The quantitative estimate of drug-likeness (QED) is 0.309. The molecule has 0 bridgehead atoms. The van der Waals surface area contributed by atoms with Gasteiger partial charge in [-0.05, 0) is 17.2 Å². The number of esters is 1. The molecule has 0 radical (unpaired) electrons. The lowest BCUT2D eigenvalue weighted by molar-refractivity contribution is -0.551. The van der Waals surface area contributed by atoms with E-state index in [1.807, 2.05) is 30.3 Å². The molecule has 2 aliphatic rings. The molecule has 8 heteroatoms. The van der Waals surface area contributed by atoms with Gasteiger partial charge in [-0.1, -0.05) is 91.3 Å². The van der Waals surface area contributed by atoms with Gasteiger partial charge in [-0.3, -0.25) is 19.7 Å². The number of para-hydroxylation sites is 1. The Morgan fingerprint density at radius 3 is 2.29 bits per heavy atom. The molecular weight excluding hydrogens is 456 g/mol. The molecule has 0 aromatic heterocycles. The maximum Gasteiger partial charge on any atom is 0.311 e. The van der Waals surface area contributed by atoms with Gasteiger partial charge in [-0.25, -0.2) is 0 Å². The van der Waals surface area contributed by atoms with E-state index in [2.05, 4.69) is 0 Å². The van der Waals surface area contributed by atoms with Crippen molar-refractivity contribution >= 4 is 29.2 Å². The van der Waals surface area contributed by atoms with Gasteiger partial charge in [0.25, 0.3) is 17.6 Å². The number of hydrogen-bond donors (Lipinski definition) is 0. The molecule has 5 rings (SSSR count). The van der Waals surface area contributed by atoms with Crippen molar-refractivity contribution in [1.29, 1.82) is 0 Å². The van der Waals surface area contributed by atoms with Crippen LogP contribution < -0.4 is 4.90 Å². The van der Waals surface area contributed by atoms with E-state index < -0.39 is 40.3 Å². The van der Waals surface area contributed by atoms with Gasteiger partial charge in [-0.2, -0.15) is 0 Å². The molecule has 1 spiro atoms. The van der Waals surface area contributed by atoms with Crippen molar-refractivity contribution in [2.75, 3.05) is 4.90 Å². The molecule has 3 aromatic carbocycles. The summed E-state index contributed by atoms with van der Waals surface area (Å²) >= 11 is 6.54. The largest absolute Gasteiger partial charge is 0.436 e. The summed E-state index contributed by atoms with van der Waals surface area (Å²) in [5.74, 6) is -3.01. The Morgan fingerprint density at radius 1 is 1.00 bits per heavy atom. The third-order valence-corrected chi connectivity index (χ3v) is 7.05. The number of fused-ring (bicyclic) bond motifs is 2. The van der Waals surface area contributed by atoms with Crippen molar-refractivity contribution in [3.63, 3.8) is 0 Å². The molecule has 7 nitrogen and oxygen atoms in total. The summed E-state index contributed by atoms with van der Waals surface area (Å²) in [5, 5.41) is 12.9. The molecule has 3 aromatic rings. The fraction of sp³-hybridized carbons (Fsp3) is 0.231. The summed E-state index contributed by atoms with van der Waals surface area (Å²) in [5.41, 5.74) is -0.136. The van der Waals surface area contributed by atoms with Crippen LogP contribution in [-0.2, 0) is 26.5 Å². The molecule has 0 N–H and O–H groups in total. The van der Waals surface area contributed by atoms with E-state index in [0.29, 0.717) is 11.3 Å². The van der Waals surface area contributed by atoms with Crippen LogP contribution in [0.1, 0.15) is 29.5 Å². The molecule has 2 heterocycles. The van der Waals surface area contributed by atoms with Crippen LogP contribution in [0.3, 0.4) is 0 Å². The molecule has 0 unspecified atom stereocenters. The van der Waals surface area contributed by atoms with Crippen LogP contribution in [0, 0.1) is 16.0 Å². The standard InChI is InChI=1S/C26H21ClN2O5/c1-16-21(18-11-6-3-7-12-18)23(29(32)33)26(34-24(16)30)19-13-8-14-20(27)22(19)28(25(26)31)15-17-9-4-2-5-10-17/h2-14,16,21,23H,15H2,1H3/t16-,21+,23+,26-/m1/s1. The summed E-state index contributed by atoms with van der Waals surface area (Å²) in [6, 6.07) is 21.3. The number of carbonyl (C=O) groups excluding carboxylic acids is 2. The lowest BCUT2D eigenvalue weighted by atomic mass is 9.70. The Morgan fingerprint density at radius 2 is 1.65 bits per heavy atom. The summed E-state index contributed by atoms with van der Waals surface area (Å²) in [4.78, 5) is 40.9. The van der Waals surface area contributed by atoms with Crippen LogP contribution in [0.5, 0.6) is 0 Å². The van der Waals surface area contributed by atoms with Gasteiger partial charge in [0.1, 0.15) is 0 Å². The molecule has 0 saturated carbocycles. The number of amides is 1. The Bertz CT molecular complexity index is 1280. The first-order chi connectivity index (χ1) is 16.4. The Labute approximate surface area is 201 Å². The normalized spacial score (nSPS) is 25.8. The predicted molar refractivity (Wildman–Crippen MR) is 126 cm³/mol. The van der Waals surface area contributed by atoms with E-state index in [1.54, 1.807) is 55.5 Å². The Kier molecular flexibility index (Phi) is 5.37. The topological polar surface area (TPSA) is 89.8 Å². The van der Waals surface area contributed by atoms with Gasteiger partial charge in [0, 0.05) is 10.5 Å². The number of carbonyl (C=O) groups is 2. The third-order valence-electron chi connectivity index (χ3n) is 6.74. The van der Waals surface area contributed by atoms with Crippen molar-refractivity contribution in [3.05, 3.63) is 111 Å². The van der Waals surface area contributed by atoms with Crippen LogP contribution in [-0.4, -0.2) is 22.8 Å². The summed E-state index contributed by atoms with van der Waals surface area (Å²) in [6.07, 6.45) is 0.